The molecule has 0 aliphatic carbocycles. The van der Waals surface area contributed by atoms with E-state index in [4.69, 9.17) is 20.9 Å². The normalized spacial score (nSPS) is 11.1. The second-order valence-electron chi connectivity index (χ2n) is 5.05. The number of aromatic nitrogens is 2. The molecular formula is C15H20ClN3O2. The fraction of sp³-hybridized carbons (Fsp3) is 0.467. The van der Waals surface area contributed by atoms with Crippen molar-refractivity contribution >= 4 is 11.6 Å². The van der Waals surface area contributed by atoms with Crippen molar-refractivity contribution in [2.24, 2.45) is 0 Å². The fourth-order valence-corrected chi connectivity index (χ4v) is 1.98. The average Bonchev–Trinajstić information content (AvgIpc) is 2.92. The highest BCUT2D eigenvalue weighted by Crippen LogP contribution is 2.26. The van der Waals surface area contributed by atoms with Crippen molar-refractivity contribution in [2.75, 3.05) is 0 Å². The van der Waals surface area contributed by atoms with Gasteiger partial charge in [-0.2, -0.15) is 4.98 Å². The molecule has 1 aromatic heterocycles. The summed E-state index contributed by atoms with van der Waals surface area (Å²) in [5.74, 6) is 1.74. The Morgan fingerprint density at radius 2 is 2.19 bits per heavy atom. The first-order valence-electron chi connectivity index (χ1n) is 7.04. The summed E-state index contributed by atoms with van der Waals surface area (Å²) in [6.45, 7) is 7.18. The Kier molecular flexibility index (Phi) is 5.59. The van der Waals surface area contributed by atoms with Gasteiger partial charge in [0.2, 0.25) is 0 Å². The zero-order valence-corrected chi connectivity index (χ0v) is 13.3. The van der Waals surface area contributed by atoms with Crippen LogP contribution in [0, 0.1) is 0 Å². The highest BCUT2D eigenvalue weighted by molar-refractivity contribution is 6.32. The van der Waals surface area contributed by atoms with Crippen molar-refractivity contribution in [3.05, 3.63) is 40.5 Å². The third-order valence-electron chi connectivity index (χ3n) is 2.89. The van der Waals surface area contributed by atoms with Gasteiger partial charge in [-0.3, -0.25) is 0 Å². The summed E-state index contributed by atoms with van der Waals surface area (Å²) in [7, 11) is 0. The van der Waals surface area contributed by atoms with Crippen LogP contribution in [0.25, 0.3) is 0 Å². The quantitative estimate of drug-likeness (QED) is 0.849. The molecular weight excluding hydrogens is 290 g/mol. The van der Waals surface area contributed by atoms with E-state index in [0.717, 1.165) is 18.5 Å². The van der Waals surface area contributed by atoms with Gasteiger partial charge in [0.05, 0.1) is 5.02 Å². The number of ether oxygens (including phenoxy) is 1. The van der Waals surface area contributed by atoms with E-state index in [1.165, 1.54) is 0 Å². The Morgan fingerprint density at radius 1 is 1.38 bits per heavy atom. The minimum atomic E-state index is 0.219. The third kappa shape index (κ3) is 4.72. The molecule has 2 aromatic rings. The topological polar surface area (TPSA) is 60.2 Å². The van der Waals surface area contributed by atoms with E-state index in [1.807, 2.05) is 25.1 Å². The van der Waals surface area contributed by atoms with Crippen LogP contribution in [0.5, 0.6) is 5.75 Å². The molecule has 0 atom stereocenters. The molecule has 6 heteroatoms. The van der Waals surface area contributed by atoms with E-state index in [9.17, 15) is 0 Å². The molecule has 1 heterocycles. The first kappa shape index (κ1) is 15.8. The maximum absolute atomic E-state index is 6.22. The fourth-order valence-electron chi connectivity index (χ4n) is 1.73. The van der Waals surface area contributed by atoms with Gasteiger partial charge in [0.15, 0.2) is 12.4 Å². The summed E-state index contributed by atoms with van der Waals surface area (Å²) >= 11 is 6.22. The van der Waals surface area contributed by atoms with Crippen LogP contribution in [-0.4, -0.2) is 16.2 Å². The minimum Gasteiger partial charge on any atom is -0.482 e. The summed E-state index contributed by atoms with van der Waals surface area (Å²) < 4.78 is 10.7. The molecule has 0 fully saturated rings. The Labute approximate surface area is 129 Å². The molecule has 0 bridgehead atoms. The van der Waals surface area contributed by atoms with Crippen LogP contribution in [0.3, 0.4) is 0 Å². The second-order valence-corrected chi connectivity index (χ2v) is 5.45. The van der Waals surface area contributed by atoms with E-state index in [-0.39, 0.29) is 6.61 Å². The average molecular weight is 310 g/mol. The van der Waals surface area contributed by atoms with Crippen molar-refractivity contribution in [3.63, 3.8) is 0 Å². The van der Waals surface area contributed by atoms with Crippen LogP contribution in [0.1, 0.15) is 38.0 Å². The lowest BCUT2D eigenvalue weighted by molar-refractivity contribution is 0.242. The van der Waals surface area contributed by atoms with Crippen LogP contribution >= 0.6 is 11.6 Å². The molecule has 1 aromatic carbocycles. The Morgan fingerprint density at radius 3 is 2.81 bits per heavy atom. The maximum atomic E-state index is 6.22. The summed E-state index contributed by atoms with van der Waals surface area (Å²) in [5, 5.41) is 7.74. The maximum Gasteiger partial charge on any atom is 0.264 e. The number of halogens is 1. The zero-order valence-electron chi connectivity index (χ0n) is 12.5. The molecule has 0 aliphatic heterocycles. The summed E-state index contributed by atoms with van der Waals surface area (Å²) in [6, 6.07) is 6.18. The molecule has 0 saturated carbocycles. The lowest BCUT2D eigenvalue weighted by Gasteiger charge is -2.10. The van der Waals surface area contributed by atoms with Gasteiger partial charge in [-0.05, 0) is 17.7 Å². The highest BCUT2D eigenvalue weighted by Gasteiger charge is 2.08. The molecule has 2 rings (SSSR count). The van der Waals surface area contributed by atoms with Gasteiger partial charge >= 0.3 is 0 Å². The standard InChI is InChI=1S/C15H20ClN3O2/c1-4-14-18-15(21-19-14)9-20-13-6-5-11(7-12(13)16)8-17-10(2)3/h5-7,10,17H,4,8-9H2,1-3H3. The number of rotatable bonds is 7. The van der Waals surface area contributed by atoms with Gasteiger partial charge in [-0.25, -0.2) is 0 Å². The van der Waals surface area contributed by atoms with Crippen LogP contribution in [0.4, 0.5) is 0 Å². The minimum absolute atomic E-state index is 0.219. The van der Waals surface area contributed by atoms with Crippen LogP contribution in [-0.2, 0) is 19.6 Å². The van der Waals surface area contributed by atoms with Crippen molar-refractivity contribution in [3.8, 4) is 5.75 Å². The number of nitrogens with one attached hydrogen (secondary N) is 1. The molecule has 5 nitrogen and oxygen atoms in total. The van der Waals surface area contributed by atoms with Crippen molar-refractivity contribution in [1.82, 2.24) is 15.5 Å². The Bertz CT molecular complexity index is 584. The molecule has 0 saturated heterocycles. The van der Waals surface area contributed by atoms with Crippen LogP contribution in [0.2, 0.25) is 5.02 Å². The lowest BCUT2D eigenvalue weighted by atomic mass is 10.2. The molecule has 0 radical (unpaired) electrons. The summed E-state index contributed by atoms with van der Waals surface area (Å²) in [4.78, 5) is 4.18. The zero-order chi connectivity index (χ0) is 15.2. The van der Waals surface area contributed by atoms with Crippen LogP contribution < -0.4 is 10.1 Å². The Balaban J connectivity index is 1.94. The summed E-state index contributed by atoms with van der Waals surface area (Å²) in [6.07, 6.45) is 0.738. The molecule has 0 amide bonds. The monoisotopic (exact) mass is 309 g/mol. The molecule has 0 unspecified atom stereocenters. The number of hydrogen-bond donors (Lipinski definition) is 1. The van der Waals surface area contributed by atoms with E-state index in [1.54, 1.807) is 0 Å². The van der Waals surface area contributed by atoms with Gasteiger partial charge in [0.1, 0.15) is 5.75 Å². The number of nitrogens with zero attached hydrogens (tertiary/aromatic N) is 2. The van der Waals surface area contributed by atoms with Crippen molar-refractivity contribution in [1.29, 1.82) is 0 Å². The molecule has 0 spiro atoms. The predicted octanol–water partition coefficient (Wildman–Crippen LogP) is 3.36. The number of hydrogen-bond acceptors (Lipinski definition) is 5. The van der Waals surface area contributed by atoms with E-state index >= 15 is 0 Å². The second kappa shape index (κ2) is 7.43. The van der Waals surface area contributed by atoms with Crippen LogP contribution in [0.15, 0.2) is 22.7 Å². The first-order valence-corrected chi connectivity index (χ1v) is 7.42. The first-order chi connectivity index (χ1) is 10.1. The molecule has 0 aliphatic rings. The van der Waals surface area contributed by atoms with Gasteiger partial charge in [0, 0.05) is 19.0 Å². The van der Waals surface area contributed by atoms with Gasteiger partial charge in [0.25, 0.3) is 5.89 Å². The number of aryl methyl sites for hydroxylation is 1. The highest BCUT2D eigenvalue weighted by atomic mass is 35.5. The molecule has 114 valence electrons. The summed E-state index contributed by atoms with van der Waals surface area (Å²) in [5.41, 5.74) is 1.12. The van der Waals surface area contributed by atoms with E-state index in [0.29, 0.717) is 28.5 Å². The van der Waals surface area contributed by atoms with Gasteiger partial charge in [-0.1, -0.05) is 43.6 Å². The Hall–Kier alpha value is -1.59. The largest absolute Gasteiger partial charge is 0.482 e. The van der Waals surface area contributed by atoms with Crippen molar-refractivity contribution in [2.45, 2.75) is 46.4 Å². The molecule has 1 N–H and O–H groups in total. The SMILES string of the molecule is CCc1noc(COc2ccc(CNC(C)C)cc2Cl)n1. The lowest BCUT2D eigenvalue weighted by Crippen LogP contribution is -2.21. The van der Waals surface area contributed by atoms with E-state index < -0.39 is 0 Å². The third-order valence-corrected chi connectivity index (χ3v) is 3.18. The van der Waals surface area contributed by atoms with Gasteiger partial charge in [-0.15, -0.1) is 0 Å². The smallest absolute Gasteiger partial charge is 0.264 e. The number of benzene rings is 1. The predicted molar refractivity (Wildman–Crippen MR) is 81.4 cm³/mol. The van der Waals surface area contributed by atoms with Crippen molar-refractivity contribution < 1.29 is 9.26 Å². The molecule has 21 heavy (non-hydrogen) atoms. The van der Waals surface area contributed by atoms with E-state index in [2.05, 4.69) is 29.3 Å². The van der Waals surface area contributed by atoms with Gasteiger partial charge < -0.3 is 14.6 Å².